The van der Waals surface area contributed by atoms with Gasteiger partial charge in [0.05, 0.1) is 25.5 Å². The van der Waals surface area contributed by atoms with Gasteiger partial charge in [-0.1, -0.05) is 35.9 Å². The topological polar surface area (TPSA) is 107 Å². The van der Waals surface area contributed by atoms with Gasteiger partial charge in [0.15, 0.2) is 29.6 Å². The summed E-state index contributed by atoms with van der Waals surface area (Å²) in [5, 5.41) is 7.42. The summed E-state index contributed by atoms with van der Waals surface area (Å²) in [5.74, 6) is 0.503. The number of amides is 2. The van der Waals surface area contributed by atoms with Gasteiger partial charge in [-0.15, -0.1) is 0 Å². The van der Waals surface area contributed by atoms with Crippen molar-refractivity contribution >= 4 is 46.9 Å². The first kappa shape index (κ1) is 28.4. The van der Waals surface area contributed by atoms with Gasteiger partial charge >= 0.3 is 0 Å². The number of ether oxygens (including phenoxy) is 4. The summed E-state index contributed by atoms with van der Waals surface area (Å²) in [5.41, 5.74) is 3.86. The van der Waals surface area contributed by atoms with Crippen LogP contribution in [0.2, 0.25) is 10.0 Å². The third kappa shape index (κ3) is 7.89. The molecule has 0 unspecified atom stereocenters. The highest BCUT2D eigenvalue weighted by molar-refractivity contribution is 6.32. The van der Waals surface area contributed by atoms with Crippen molar-refractivity contribution in [3.05, 3.63) is 88.4 Å². The summed E-state index contributed by atoms with van der Waals surface area (Å²) in [7, 11) is 2.91. The smallest absolute Gasteiger partial charge is 0.271 e. The van der Waals surface area contributed by atoms with Gasteiger partial charge < -0.3 is 24.3 Å². The first-order chi connectivity index (χ1) is 18.3. The van der Waals surface area contributed by atoms with Crippen LogP contribution in [0.1, 0.15) is 15.9 Å². The number of halogens is 2. The molecule has 0 atom stereocenters. The zero-order valence-corrected chi connectivity index (χ0v) is 22.1. The highest BCUT2D eigenvalue weighted by atomic mass is 35.5. The summed E-state index contributed by atoms with van der Waals surface area (Å²) >= 11 is 12.2. The fraction of sp³-hybridized carbons (Fsp3) is 0.148. The number of nitrogens with zero attached hydrogens (tertiary/aromatic N) is 1. The van der Waals surface area contributed by atoms with E-state index in [1.807, 2.05) is 0 Å². The third-order valence-electron chi connectivity index (χ3n) is 4.89. The van der Waals surface area contributed by atoms with E-state index in [2.05, 4.69) is 22.4 Å². The lowest BCUT2D eigenvalue weighted by molar-refractivity contribution is -0.118. The van der Waals surface area contributed by atoms with Crippen molar-refractivity contribution in [3.63, 3.8) is 0 Å². The Kier molecular flexibility index (Phi) is 10.4. The second kappa shape index (κ2) is 13.9. The number of nitrogens with one attached hydrogen (secondary N) is 2. The Labute approximate surface area is 229 Å². The Morgan fingerprint density at radius 3 is 2.37 bits per heavy atom. The second-order valence-corrected chi connectivity index (χ2v) is 8.39. The van der Waals surface area contributed by atoms with Gasteiger partial charge in [0.2, 0.25) is 0 Å². The quantitative estimate of drug-likeness (QED) is 0.176. The molecule has 9 nitrogen and oxygen atoms in total. The molecule has 0 saturated carbocycles. The summed E-state index contributed by atoms with van der Waals surface area (Å²) in [6.07, 6.45) is 3.00. The first-order valence-corrected chi connectivity index (χ1v) is 11.9. The van der Waals surface area contributed by atoms with E-state index in [0.717, 1.165) is 0 Å². The molecule has 0 bridgehead atoms. The van der Waals surface area contributed by atoms with Crippen LogP contribution in [0.15, 0.2) is 72.4 Å². The lowest BCUT2D eigenvalue weighted by Crippen LogP contribution is -2.20. The van der Waals surface area contributed by atoms with Gasteiger partial charge in [-0.05, 0) is 60.2 Å². The third-order valence-corrected chi connectivity index (χ3v) is 5.42. The van der Waals surface area contributed by atoms with E-state index in [-0.39, 0.29) is 23.1 Å². The maximum absolute atomic E-state index is 12.5. The zero-order chi connectivity index (χ0) is 27.5. The van der Waals surface area contributed by atoms with Crippen molar-refractivity contribution < 1.29 is 28.5 Å². The van der Waals surface area contributed by atoms with Crippen LogP contribution in [0, 0.1) is 0 Å². The molecule has 3 aromatic rings. The molecule has 0 aliphatic heterocycles. The normalized spacial score (nSPS) is 10.5. The highest BCUT2D eigenvalue weighted by Gasteiger charge is 2.14. The fourth-order valence-corrected chi connectivity index (χ4v) is 3.53. The van der Waals surface area contributed by atoms with E-state index < -0.39 is 11.8 Å². The van der Waals surface area contributed by atoms with Crippen molar-refractivity contribution in [1.29, 1.82) is 0 Å². The van der Waals surface area contributed by atoms with Gasteiger partial charge in [0.1, 0.15) is 6.61 Å². The number of benzene rings is 3. The molecule has 38 heavy (non-hydrogen) atoms. The van der Waals surface area contributed by atoms with E-state index in [4.69, 9.17) is 42.1 Å². The number of anilines is 1. The number of carbonyl (C=O) groups excluding carboxylic acids is 2. The number of carbonyl (C=O) groups is 2. The molecule has 0 fully saturated rings. The average Bonchev–Trinajstić information content (AvgIpc) is 2.92. The van der Waals surface area contributed by atoms with Gasteiger partial charge in [0, 0.05) is 16.3 Å². The molecule has 0 aliphatic rings. The van der Waals surface area contributed by atoms with Crippen LogP contribution in [0.5, 0.6) is 23.0 Å². The molecule has 0 heterocycles. The molecule has 3 aromatic carbocycles. The maximum atomic E-state index is 12.5. The molecular weight excluding hydrogens is 533 g/mol. The largest absolute Gasteiger partial charge is 0.493 e. The summed E-state index contributed by atoms with van der Waals surface area (Å²) < 4.78 is 21.7. The standard InChI is InChI=1S/C27H25Cl2N3O6/c1-4-11-37-22-10-5-18(14-23(22)35-2)27(34)32-30-15-17-12-21(29)26(24(13-17)36-3)38-16-25(33)31-20-8-6-19(28)7-9-20/h4-10,12-15H,1,11,16H2,2-3H3,(H,31,33)(H,32,34)/b30-15+. The van der Waals surface area contributed by atoms with Crippen molar-refractivity contribution in [1.82, 2.24) is 5.43 Å². The van der Waals surface area contributed by atoms with E-state index in [1.165, 1.54) is 20.4 Å². The fourth-order valence-electron chi connectivity index (χ4n) is 3.13. The summed E-state index contributed by atoms with van der Waals surface area (Å²) in [4.78, 5) is 24.8. The monoisotopic (exact) mass is 557 g/mol. The van der Waals surface area contributed by atoms with Gasteiger partial charge in [0.25, 0.3) is 11.8 Å². The Morgan fingerprint density at radius 2 is 1.68 bits per heavy atom. The minimum absolute atomic E-state index is 0.187. The Hall–Kier alpha value is -4.21. The van der Waals surface area contributed by atoms with Gasteiger partial charge in [-0.3, -0.25) is 9.59 Å². The molecule has 3 rings (SSSR count). The predicted molar refractivity (Wildman–Crippen MR) is 147 cm³/mol. The molecule has 198 valence electrons. The van der Waals surface area contributed by atoms with E-state index in [9.17, 15) is 9.59 Å². The molecule has 0 aliphatic carbocycles. The number of rotatable bonds is 12. The summed E-state index contributed by atoms with van der Waals surface area (Å²) in [6, 6.07) is 14.6. The van der Waals surface area contributed by atoms with Crippen LogP contribution in [0.25, 0.3) is 0 Å². The molecule has 0 radical (unpaired) electrons. The van der Waals surface area contributed by atoms with Crippen LogP contribution < -0.4 is 29.7 Å². The molecule has 2 amide bonds. The molecule has 0 saturated heterocycles. The lowest BCUT2D eigenvalue weighted by Gasteiger charge is -2.13. The van der Waals surface area contributed by atoms with Crippen LogP contribution >= 0.6 is 23.2 Å². The molecule has 11 heteroatoms. The van der Waals surface area contributed by atoms with Crippen LogP contribution in [-0.4, -0.2) is 45.5 Å². The minimum atomic E-state index is -0.459. The summed E-state index contributed by atoms with van der Waals surface area (Å²) in [6.45, 7) is 3.60. The highest BCUT2D eigenvalue weighted by Crippen LogP contribution is 2.36. The second-order valence-electron chi connectivity index (χ2n) is 7.54. The number of hydrogen-bond acceptors (Lipinski definition) is 7. The predicted octanol–water partition coefficient (Wildman–Crippen LogP) is 5.36. The zero-order valence-electron chi connectivity index (χ0n) is 20.6. The molecular formula is C27H25Cl2N3O6. The van der Waals surface area contributed by atoms with Crippen molar-refractivity contribution in [3.8, 4) is 23.0 Å². The van der Waals surface area contributed by atoms with Gasteiger partial charge in [-0.2, -0.15) is 5.10 Å². The minimum Gasteiger partial charge on any atom is -0.493 e. The van der Waals surface area contributed by atoms with Crippen LogP contribution in [0.4, 0.5) is 5.69 Å². The molecule has 2 N–H and O–H groups in total. The van der Waals surface area contributed by atoms with E-state index in [1.54, 1.807) is 60.7 Å². The lowest BCUT2D eigenvalue weighted by atomic mass is 10.2. The van der Waals surface area contributed by atoms with E-state index >= 15 is 0 Å². The molecule has 0 spiro atoms. The number of hydrogen-bond donors (Lipinski definition) is 2. The number of hydrazone groups is 1. The SMILES string of the molecule is C=CCOc1ccc(C(=O)N/N=C/c2cc(Cl)c(OCC(=O)Nc3ccc(Cl)cc3)c(OC)c2)cc1OC. The van der Waals surface area contributed by atoms with Crippen molar-refractivity contribution in [2.24, 2.45) is 5.10 Å². The van der Waals surface area contributed by atoms with Crippen LogP contribution in [0.3, 0.4) is 0 Å². The maximum Gasteiger partial charge on any atom is 0.271 e. The Balaban J connectivity index is 1.62. The van der Waals surface area contributed by atoms with E-state index in [0.29, 0.717) is 39.9 Å². The molecule has 0 aromatic heterocycles. The Bertz CT molecular complexity index is 1330. The van der Waals surface area contributed by atoms with Crippen molar-refractivity contribution in [2.75, 3.05) is 32.8 Å². The van der Waals surface area contributed by atoms with Gasteiger partial charge in [-0.25, -0.2) is 5.43 Å². The van der Waals surface area contributed by atoms with Crippen molar-refractivity contribution in [2.45, 2.75) is 0 Å². The first-order valence-electron chi connectivity index (χ1n) is 11.2. The average molecular weight is 558 g/mol. The Morgan fingerprint density at radius 1 is 0.947 bits per heavy atom. The number of methoxy groups -OCH3 is 2. The van der Waals surface area contributed by atoms with Crippen LogP contribution in [-0.2, 0) is 4.79 Å².